The van der Waals surface area contributed by atoms with Gasteiger partial charge in [-0.25, -0.2) is 4.79 Å². The highest BCUT2D eigenvalue weighted by molar-refractivity contribution is 6.33. The van der Waals surface area contributed by atoms with E-state index in [2.05, 4.69) is 20.6 Å². The molecule has 0 saturated heterocycles. The van der Waals surface area contributed by atoms with E-state index in [9.17, 15) is 18.0 Å². The third-order valence-electron chi connectivity index (χ3n) is 2.81. The fraction of sp³-hybridized carbons (Fsp3) is 0.214. The normalized spacial score (nSPS) is 11.2. The van der Waals surface area contributed by atoms with Gasteiger partial charge < -0.3 is 10.6 Å². The molecule has 0 aliphatic rings. The Morgan fingerprint density at radius 3 is 2.61 bits per heavy atom. The minimum Gasteiger partial charge on any atom is -0.332 e. The van der Waals surface area contributed by atoms with Crippen molar-refractivity contribution in [2.75, 3.05) is 5.32 Å². The molecule has 9 heteroatoms. The number of alkyl halides is 3. The average molecular weight is 345 g/mol. The fourth-order valence-electron chi connectivity index (χ4n) is 1.65. The third kappa shape index (κ3) is 4.82. The van der Waals surface area contributed by atoms with Gasteiger partial charge >= 0.3 is 12.2 Å². The van der Waals surface area contributed by atoms with E-state index in [4.69, 9.17) is 11.6 Å². The van der Waals surface area contributed by atoms with Crippen LogP contribution in [0.3, 0.4) is 0 Å². The van der Waals surface area contributed by atoms with Crippen LogP contribution < -0.4 is 10.6 Å². The van der Waals surface area contributed by atoms with Crippen molar-refractivity contribution in [1.29, 1.82) is 0 Å². The number of hydrogen-bond acceptors (Lipinski definition) is 3. The van der Waals surface area contributed by atoms with Crippen LogP contribution in [0, 0.1) is 6.92 Å². The number of urea groups is 1. The van der Waals surface area contributed by atoms with Gasteiger partial charge in [-0.05, 0) is 25.1 Å². The van der Waals surface area contributed by atoms with Crippen LogP contribution in [0.15, 0.2) is 30.6 Å². The van der Waals surface area contributed by atoms with E-state index < -0.39 is 17.8 Å². The summed E-state index contributed by atoms with van der Waals surface area (Å²) in [7, 11) is 0. The molecule has 23 heavy (non-hydrogen) atoms. The summed E-state index contributed by atoms with van der Waals surface area (Å²) in [5.41, 5.74) is 0.213. The topological polar surface area (TPSA) is 66.9 Å². The summed E-state index contributed by atoms with van der Waals surface area (Å²) in [6, 6.07) is 1.99. The second kappa shape index (κ2) is 6.82. The predicted molar refractivity (Wildman–Crippen MR) is 79.1 cm³/mol. The summed E-state index contributed by atoms with van der Waals surface area (Å²) in [5, 5.41) is 4.74. The lowest BCUT2D eigenvalue weighted by Crippen LogP contribution is -2.28. The van der Waals surface area contributed by atoms with Crippen LogP contribution in [-0.4, -0.2) is 16.0 Å². The number of nitrogens with zero attached hydrogens (tertiary/aromatic N) is 2. The highest BCUT2D eigenvalue weighted by Crippen LogP contribution is 2.33. The maximum atomic E-state index is 12.7. The van der Waals surface area contributed by atoms with Gasteiger partial charge in [0.25, 0.3) is 0 Å². The summed E-state index contributed by atoms with van der Waals surface area (Å²) >= 11 is 5.79. The second-order valence-electron chi connectivity index (χ2n) is 4.65. The molecule has 0 aliphatic carbocycles. The van der Waals surface area contributed by atoms with E-state index in [1.54, 1.807) is 13.1 Å². The van der Waals surface area contributed by atoms with E-state index in [-0.39, 0.29) is 17.3 Å². The second-order valence-corrected chi connectivity index (χ2v) is 5.06. The zero-order chi connectivity index (χ0) is 17.0. The number of benzene rings is 1. The molecule has 122 valence electrons. The Morgan fingerprint density at radius 1 is 1.26 bits per heavy atom. The van der Waals surface area contributed by atoms with Crippen molar-refractivity contribution in [2.45, 2.75) is 19.6 Å². The van der Waals surface area contributed by atoms with Gasteiger partial charge in [-0.2, -0.15) is 13.2 Å². The molecule has 0 aliphatic heterocycles. The lowest BCUT2D eigenvalue weighted by molar-refractivity contribution is -0.137. The van der Waals surface area contributed by atoms with Crippen LogP contribution in [0.2, 0.25) is 5.02 Å². The Labute approximate surface area is 134 Å². The predicted octanol–water partition coefficient (Wildman–Crippen LogP) is 3.78. The molecule has 2 rings (SSSR count). The van der Waals surface area contributed by atoms with Crippen molar-refractivity contribution >= 4 is 23.3 Å². The number of amides is 2. The summed E-state index contributed by atoms with van der Waals surface area (Å²) in [6.07, 6.45) is -1.49. The molecule has 0 radical (unpaired) electrons. The number of anilines is 1. The van der Waals surface area contributed by atoms with E-state index in [0.29, 0.717) is 5.69 Å². The lowest BCUT2D eigenvalue weighted by atomic mass is 10.2. The molecule has 0 atom stereocenters. The van der Waals surface area contributed by atoms with Crippen molar-refractivity contribution in [3.05, 3.63) is 52.6 Å². The number of rotatable bonds is 3. The molecule has 2 N–H and O–H groups in total. The summed E-state index contributed by atoms with van der Waals surface area (Å²) < 4.78 is 38.0. The number of halogens is 4. The zero-order valence-corrected chi connectivity index (χ0v) is 12.7. The first-order valence-electron chi connectivity index (χ1n) is 6.45. The van der Waals surface area contributed by atoms with Crippen molar-refractivity contribution in [2.24, 2.45) is 0 Å². The van der Waals surface area contributed by atoms with Crippen molar-refractivity contribution in [3.8, 4) is 0 Å². The van der Waals surface area contributed by atoms with E-state index in [0.717, 1.165) is 23.9 Å². The first kappa shape index (κ1) is 17.0. The van der Waals surface area contributed by atoms with Gasteiger partial charge in [0.1, 0.15) is 0 Å². The standard InChI is InChI=1S/C14H12ClF3N4O/c1-8-5-20-10(6-19-8)7-21-13(23)22-12-4-9(14(16,17)18)2-3-11(12)15/h2-6H,7H2,1H3,(H2,21,22,23). The molecule has 1 aromatic carbocycles. The Kier molecular flexibility index (Phi) is 5.05. The van der Waals surface area contributed by atoms with Crippen LogP contribution in [0.5, 0.6) is 0 Å². The van der Waals surface area contributed by atoms with Crippen LogP contribution in [0.25, 0.3) is 0 Å². The van der Waals surface area contributed by atoms with E-state index in [1.165, 1.54) is 6.20 Å². The molecule has 0 spiro atoms. The summed E-state index contributed by atoms with van der Waals surface area (Å²) in [5.74, 6) is 0. The van der Waals surface area contributed by atoms with E-state index in [1.807, 2.05) is 0 Å². The Morgan fingerprint density at radius 2 is 2.00 bits per heavy atom. The number of aromatic nitrogens is 2. The molecule has 2 aromatic rings. The van der Waals surface area contributed by atoms with Crippen molar-refractivity contribution in [1.82, 2.24) is 15.3 Å². The average Bonchev–Trinajstić information content (AvgIpc) is 2.48. The number of aryl methyl sites for hydroxylation is 1. The minimum absolute atomic E-state index is 0.00303. The summed E-state index contributed by atoms with van der Waals surface area (Å²) in [4.78, 5) is 19.8. The maximum Gasteiger partial charge on any atom is 0.416 e. The molecular weight excluding hydrogens is 333 g/mol. The summed E-state index contributed by atoms with van der Waals surface area (Å²) in [6.45, 7) is 1.85. The molecule has 0 bridgehead atoms. The minimum atomic E-state index is -4.52. The quantitative estimate of drug-likeness (QED) is 0.890. The van der Waals surface area contributed by atoms with Gasteiger partial charge in [0.15, 0.2) is 0 Å². The number of carbonyl (C=O) groups is 1. The van der Waals surface area contributed by atoms with E-state index >= 15 is 0 Å². The van der Waals surface area contributed by atoms with Gasteiger partial charge in [0.2, 0.25) is 0 Å². The molecule has 0 unspecified atom stereocenters. The van der Waals surface area contributed by atoms with Gasteiger partial charge in [-0.15, -0.1) is 0 Å². The molecule has 0 saturated carbocycles. The Balaban J connectivity index is 2.01. The van der Waals surface area contributed by atoms with Crippen molar-refractivity contribution < 1.29 is 18.0 Å². The van der Waals surface area contributed by atoms with Gasteiger partial charge in [-0.3, -0.25) is 9.97 Å². The van der Waals surface area contributed by atoms with Crippen LogP contribution in [-0.2, 0) is 12.7 Å². The molecule has 2 amide bonds. The van der Waals surface area contributed by atoms with Crippen LogP contribution in [0.4, 0.5) is 23.7 Å². The molecule has 5 nitrogen and oxygen atoms in total. The van der Waals surface area contributed by atoms with Crippen LogP contribution >= 0.6 is 11.6 Å². The largest absolute Gasteiger partial charge is 0.416 e. The molecule has 1 aromatic heterocycles. The maximum absolute atomic E-state index is 12.7. The molecular formula is C14H12ClF3N4O. The number of carbonyl (C=O) groups excluding carboxylic acids is 1. The molecule has 0 fully saturated rings. The van der Waals surface area contributed by atoms with Crippen molar-refractivity contribution in [3.63, 3.8) is 0 Å². The number of hydrogen-bond donors (Lipinski definition) is 2. The number of nitrogens with one attached hydrogen (secondary N) is 2. The first-order valence-corrected chi connectivity index (χ1v) is 6.82. The van der Waals surface area contributed by atoms with Gasteiger partial charge in [0.05, 0.1) is 40.4 Å². The third-order valence-corrected chi connectivity index (χ3v) is 3.14. The monoisotopic (exact) mass is 344 g/mol. The zero-order valence-electron chi connectivity index (χ0n) is 11.9. The smallest absolute Gasteiger partial charge is 0.332 e. The highest BCUT2D eigenvalue weighted by Gasteiger charge is 2.31. The highest BCUT2D eigenvalue weighted by atomic mass is 35.5. The first-order chi connectivity index (χ1) is 10.8. The lowest BCUT2D eigenvalue weighted by Gasteiger charge is -2.12. The van der Waals surface area contributed by atoms with Gasteiger partial charge in [-0.1, -0.05) is 11.6 Å². The SMILES string of the molecule is Cc1cnc(CNC(=O)Nc2cc(C(F)(F)F)ccc2Cl)cn1. The van der Waals surface area contributed by atoms with Crippen LogP contribution in [0.1, 0.15) is 17.0 Å². The Bertz CT molecular complexity index is 704. The van der Waals surface area contributed by atoms with Gasteiger partial charge in [0, 0.05) is 6.20 Å². The Hall–Kier alpha value is -2.35. The fourth-order valence-corrected chi connectivity index (χ4v) is 1.81. The molecule has 1 heterocycles.